The number of rotatable bonds is 2. The van der Waals surface area contributed by atoms with E-state index in [0.717, 1.165) is 24.3 Å². The van der Waals surface area contributed by atoms with Gasteiger partial charge in [0.15, 0.2) is 5.60 Å². The average Bonchev–Trinajstić information content (AvgIpc) is 2.36. The van der Waals surface area contributed by atoms with Gasteiger partial charge in [-0.15, -0.1) is 0 Å². The van der Waals surface area contributed by atoms with Crippen molar-refractivity contribution >= 4 is 10.8 Å². The van der Waals surface area contributed by atoms with Crippen molar-refractivity contribution in [3.63, 3.8) is 0 Å². The van der Waals surface area contributed by atoms with E-state index in [-0.39, 0.29) is 5.56 Å². The SMILES string of the molecule is CCc1ccc(C(C)(O)C(F)(F)F)c2ccccc12. The van der Waals surface area contributed by atoms with Crippen LogP contribution >= 0.6 is 0 Å². The van der Waals surface area contributed by atoms with Crippen molar-refractivity contribution in [2.24, 2.45) is 0 Å². The fourth-order valence-corrected chi connectivity index (χ4v) is 2.25. The summed E-state index contributed by atoms with van der Waals surface area (Å²) < 4.78 is 38.9. The first-order valence-electron chi connectivity index (χ1n) is 6.09. The number of alkyl halides is 3. The van der Waals surface area contributed by atoms with Crippen LogP contribution in [0.3, 0.4) is 0 Å². The predicted octanol–water partition coefficient (Wildman–Crippen LogP) is 4.17. The summed E-state index contributed by atoms with van der Waals surface area (Å²) in [5, 5.41) is 11.1. The number of fused-ring (bicyclic) bond motifs is 1. The van der Waals surface area contributed by atoms with Crippen LogP contribution in [0.25, 0.3) is 10.8 Å². The summed E-state index contributed by atoms with van der Waals surface area (Å²) in [6, 6.07) is 9.88. The van der Waals surface area contributed by atoms with Gasteiger partial charge in [0.05, 0.1) is 0 Å². The zero-order valence-electron chi connectivity index (χ0n) is 10.8. The molecule has 0 saturated heterocycles. The highest BCUT2D eigenvalue weighted by Crippen LogP contribution is 2.41. The predicted molar refractivity (Wildman–Crippen MR) is 69.0 cm³/mol. The second-order valence-corrected chi connectivity index (χ2v) is 4.74. The maximum absolute atomic E-state index is 13.0. The topological polar surface area (TPSA) is 20.2 Å². The Bertz CT molecular complexity index is 600. The molecular formula is C15H15F3O. The van der Waals surface area contributed by atoms with Crippen LogP contribution in [0.1, 0.15) is 25.0 Å². The molecule has 1 N–H and O–H groups in total. The molecule has 2 aromatic rings. The van der Waals surface area contributed by atoms with Crippen molar-refractivity contribution in [3.05, 3.63) is 47.5 Å². The van der Waals surface area contributed by atoms with Crippen LogP contribution in [0, 0.1) is 0 Å². The van der Waals surface area contributed by atoms with Gasteiger partial charge in [0, 0.05) is 5.56 Å². The van der Waals surface area contributed by atoms with Crippen LogP contribution in [0.2, 0.25) is 0 Å². The summed E-state index contributed by atoms with van der Waals surface area (Å²) in [6.07, 6.45) is -3.97. The number of aryl methyl sites for hydroxylation is 1. The zero-order chi connectivity index (χ0) is 14.3. The summed E-state index contributed by atoms with van der Waals surface area (Å²) in [5.41, 5.74) is -1.98. The maximum Gasteiger partial charge on any atom is 0.421 e. The van der Waals surface area contributed by atoms with E-state index < -0.39 is 11.8 Å². The van der Waals surface area contributed by atoms with E-state index in [2.05, 4.69) is 0 Å². The van der Waals surface area contributed by atoms with E-state index in [4.69, 9.17) is 0 Å². The molecule has 0 heterocycles. The molecule has 0 aliphatic carbocycles. The van der Waals surface area contributed by atoms with E-state index in [1.54, 1.807) is 30.3 Å². The summed E-state index contributed by atoms with van der Waals surface area (Å²) in [7, 11) is 0. The lowest BCUT2D eigenvalue weighted by atomic mass is 9.88. The Labute approximate surface area is 109 Å². The molecule has 102 valence electrons. The summed E-state index contributed by atoms with van der Waals surface area (Å²) >= 11 is 0. The Morgan fingerprint density at radius 2 is 1.58 bits per heavy atom. The number of benzene rings is 2. The second kappa shape index (κ2) is 4.53. The van der Waals surface area contributed by atoms with Crippen molar-refractivity contribution in [1.29, 1.82) is 0 Å². The Balaban J connectivity index is 2.77. The molecular weight excluding hydrogens is 253 g/mol. The third-order valence-electron chi connectivity index (χ3n) is 3.47. The smallest absolute Gasteiger partial charge is 0.376 e. The van der Waals surface area contributed by atoms with Crippen molar-refractivity contribution in [2.45, 2.75) is 32.0 Å². The van der Waals surface area contributed by atoms with Gasteiger partial charge in [-0.1, -0.05) is 43.3 Å². The molecule has 1 atom stereocenters. The largest absolute Gasteiger partial charge is 0.421 e. The van der Waals surface area contributed by atoms with Gasteiger partial charge in [-0.3, -0.25) is 0 Å². The van der Waals surface area contributed by atoms with Gasteiger partial charge in [-0.2, -0.15) is 13.2 Å². The molecule has 0 bridgehead atoms. The van der Waals surface area contributed by atoms with E-state index in [1.807, 2.05) is 6.92 Å². The molecule has 0 saturated carbocycles. The van der Waals surface area contributed by atoms with Crippen molar-refractivity contribution in [2.75, 3.05) is 0 Å². The Morgan fingerprint density at radius 1 is 1.00 bits per heavy atom. The lowest BCUT2D eigenvalue weighted by Crippen LogP contribution is -2.39. The minimum Gasteiger partial charge on any atom is -0.376 e. The Hall–Kier alpha value is -1.55. The molecule has 1 nitrogen and oxygen atoms in total. The fourth-order valence-electron chi connectivity index (χ4n) is 2.25. The van der Waals surface area contributed by atoms with E-state index >= 15 is 0 Å². The van der Waals surface area contributed by atoms with Gasteiger partial charge in [0.25, 0.3) is 0 Å². The molecule has 2 aromatic carbocycles. The number of aliphatic hydroxyl groups is 1. The van der Waals surface area contributed by atoms with Crippen LogP contribution in [-0.2, 0) is 12.0 Å². The van der Waals surface area contributed by atoms with E-state index in [9.17, 15) is 18.3 Å². The van der Waals surface area contributed by atoms with Crippen LogP contribution in [0.4, 0.5) is 13.2 Å². The van der Waals surface area contributed by atoms with Crippen molar-refractivity contribution in [1.82, 2.24) is 0 Å². The molecule has 0 amide bonds. The molecule has 1 unspecified atom stereocenters. The third-order valence-corrected chi connectivity index (χ3v) is 3.47. The highest BCUT2D eigenvalue weighted by atomic mass is 19.4. The van der Waals surface area contributed by atoms with E-state index in [1.165, 1.54) is 6.07 Å². The highest BCUT2D eigenvalue weighted by Gasteiger charge is 2.51. The summed E-state index contributed by atoms with van der Waals surface area (Å²) in [6.45, 7) is 2.74. The van der Waals surface area contributed by atoms with Crippen LogP contribution in [0.15, 0.2) is 36.4 Å². The first kappa shape index (κ1) is 13.9. The number of halogens is 3. The lowest BCUT2D eigenvalue weighted by molar-refractivity contribution is -0.258. The quantitative estimate of drug-likeness (QED) is 0.866. The van der Waals surface area contributed by atoms with Crippen LogP contribution in [0.5, 0.6) is 0 Å². The normalized spacial score (nSPS) is 15.5. The van der Waals surface area contributed by atoms with Gasteiger partial charge < -0.3 is 5.11 Å². The van der Waals surface area contributed by atoms with Crippen molar-refractivity contribution in [3.8, 4) is 0 Å². The number of hydrogen-bond acceptors (Lipinski definition) is 1. The highest BCUT2D eigenvalue weighted by molar-refractivity contribution is 5.89. The number of hydrogen-bond donors (Lipinski definition) is 1. The minimum absolute atomic E-state index is 0.104. The van der Waals surface area contributed by atoms with Gasteiger partial charge in [-0.05, 0) is 29.7 Å². The molecule has 0 aromatic heterocycles. The van der Waals surface area contributed by atoms with Gasteiger partial charge >= 0.3 is 6.18 Å². The lowest BCUT2D eigenvalue weighted by Gasteiger charge is -2.28. The molecule has 0 spiro atoms. The molecule has 0 fully saturated rings. The average molecular weight is 268 g/mol. The molecule has 0 aliphatic rings. The molecule has 4 heteroatoms. The van der Waals surface area contributed by atoms with E-state index in [0.29, 0.717) is 5.39 Å². The third kappa shape index (κ3) is 2.21. The first-order valence-corrected chi connectivity index (χ1v) is 6.09. The van der Waals surface area contributed by atoms with Crippen molar-refractivity contribution < 1.29 is 18.3 Å². The zero-order valence-corrected chi connectivity index (χ0v) is 10.8. The second-order valence-electron chi connectivity index (χ2n) is 4.74. The first-order chi connectivity index (χ1) is 8.79. The summed E-state index contributed by atoms with van der Waals surface area (Å²) in [4.78, 5) is 0. The maximum atomic E-state index is 13.0. The molecule has 19 heavy (non-hydrogen) atoms. The summed E-state index contributed by atoms with van der Waals surface area (Å²) in [5.74, 6) is 0. The van der Waals surface area contributed by atoms with Gasteiger partial charge in [0.1, 0.15) is 0 Å². The molecule has 0 aliphatic heterocycles. The Kier molecular flexibility index (Phi) is 3.31. The van der Waals surface area contributed by atoms with Gasteiger partial charge in [0.2, 0.25) is 0 Å². The van der Waals surface area contributed by atoms with Gasteiger partial charge in [-0.25, -0.2) is 0 Å². The fraction of sp³-hybridized carbons (Fsp3) is 0.333. The molecule has 2 rings (SSSR count). The molecule has 0 radical (unpaired) electrons. The van der Waals surface area contributed by atoms with Crippen LogP contribution < -0.4 is 0 Å². The monoisotopic (exact) mass is 268 g/mol. The minimum atomic E-state index is -4.70. The Morgan fingerprint density at radius 3 is 2.11 bits per heavy atom. The van der Waals surface area contributed by atoms with Crippen LogP contribution in [-0.4, -0.2) is 11.3 Å². The standard InChI is InChI=1S/C15H15F3O/c1-3-10-8-9-13(14(2,19)15(16,17)18)12-7-5-4-6-11(10)12/h4-9,19H,3H2,1-2H3.